The van der Waals surface area contributed by atoms with E-state index in [1.54, 1.807) is 25.3 Å². The molecule has 0 bridgehead atoms. The van der Waals surface area contributed by atoms with Crippen LogP contribution in [0.15, 0.2) is 18.2 Å². The van der Waals surface area contributed by atoms with E-state index in [9.17, 15) is 4.79 Å². The van der Waals surface area contributed by atoms with Gasteiger partial charge in [-0.15, -0.1) is 0 Å². The van der Waals surface area contributed by atoms with Gasteiger partial charge in [-0.1, -0.05) is 25.8 Å². The monoisotopic (exact) mass is 251 g/mol. The third-order valence-electron chi connectivity index (χ3n) is 2.71. The van der Waals surface area contributed by atoms with Crippen LogP contribution < -0.4 is 14.8 Å². The number of hydrogen-bond donors (Lipinski definition) is 1. The molecule has 0 saturated carbocycles. The molecule has 4 heteroatoms. The van der Waals surface area contributed by atoms with Crippen molar-refractivity contribution in [3.63, 3.8) is 0 Å². The molecule has 0 saturated heterocycles. The van der Waals surface area contributed by atoms with Gasteiger partial charge in [-0.05, 0) is 18.6 Å². The van der Waals surface area contributed by atoms with E-state index in [0.29, 0.717) is 23.6 Å². The predicted molar refractivity (Wildman–Crippen MR) is 71.4 cm³/mol. The highest BCUT2D eigenvalue weighted by molar-refractivity contribution is 5.97. The maximum Gasteiger partial charge on any atom is 0.255 e. The summed E-state index contributed by atoms with van der Waals surface area (Å²) in [4.78, 5) is 12.0. The highest BCUT2D eigenvalue weighted by atomic mass is 16.5. The Labute approximate surface area is 108 Å². The lowest BCUT2D eigenvalue weighted by atomic mass is 10.1. The second-order valence-corrected chi connectivity index (χ2v) is 4.00. The van der Waals surface area contributed by atoms with Crippen molar-refractivity contribution in [1.29, 1.82) is 0 Å². The maximum atomic E-state index is 12.0. The van der Waals surface area contributed by atoms with Gasteiger partial charge in [0, 0.05) is 6.54 Å². The normalized spacial score (nSPS) is 9.94. The lowest BCUT2D eigenvalue weighted by molar-refractivity contribution is 0.0949. The Hall–Kier alpha value is -1.71. The fraction of sp³-hybridized carbons (Fsp3) is 0.500. The summed E-state index contributed by atoms with van der Waals surface area (Å²) in [5.74, 6) is 0.925. The molecule has 18 heavy (non-hydrogen) atoms. The van der Waals surface area contributed by atoms with Gasteiger partial charge >= 0.3 is 0 Å². The van der Waals surface area contributed by atoms with E-state index in [1.807, 2.05) is 0 Å². The molecule has 1 amide bonds. The van der Waals surface area contributed by atoms with E-state index in [-0.39, 0.29) is 5.91 Å². The summed E-state index contributed by atoms with van der Waals surface area (Å²) in [5, 5.41) is 2.89. The summed E-state index contributed by atoms with van der Waals surface area (Å²) in [5.41, 5.74) is 0.508. The molecule has 100 valence electrons. The first-order valence-corrected chi connectivity index (χ1v) is 6.23. The van der Waals surface area contributed by atoms with Crippen molar-refractivity contribution >= 4 is 5.91 Å². The van der Waals surface area contributed by atoms with E-state index in [4.69, 9.17) is 9.47 Å². The van der Waals surface area contributed by atoms with Crippen LogP contribution in [0.1, 0.15) is 36.5 Å². The van der Waals surface area contributed by atoms with Crippen LogP contribution in [0.4, 0.5) is 0 Å². The van der Waals surface area contributed by atoms with Gasteiger partial charge in [0.25, 0.3) is 5.91 Å². The number of unbranched alkanes of at least 4 members (excludes halogenated alkanes) is 2. The molecule has 0 radical (unpaired) electrons. The Morgan fingerprint density at radius 3 is 2.61 bits per heavy atom. The molecule has 1 N–H and O–H groups in total. The Bertz CT molecular complexity index is 391. The van der Waals surface area contributed by atoms with Crippen LogP contribution in [-0.4, -0.2) is 26.7 Å². The largest absolute Gasteiger partial charge is 0.493 e. The van der Waals surface area contributed by atoms with Gasteiger partial charge in [0.2, 0.25) is 0 Å². The van der Waals surface area contributed by atoms with Crippen molar-refractivity contribution in [3.05, 3.63) is 23.8 Å². The van der Waals surface area contributed by atoms with E-state index in [1.165, 1.54) is 7.11 Å². The number of hydrogen-bond acceptors (Lipinski definition) is 3. The molecule has 0 fully saturated rings. The predicted octanol–water partition coefficient (Wildman–Crippen LogP) is 2.62. The third-order valence-corrected chi connectivity index (χ3v) is 2.71. The SMILES string of the molecule is CCCCCNC(=O)c1cccc(OC)c1OC. The Morgan fingerprint density at radius 2 is 2.00 bits per heavy atom. The number of amides is 1. The van der Waals surface area contributed by atoms with Crippen LogP contribution in [0.2, 0.25) is 0 Å². The quantitative estimate of drug-likeness (QED) is 0.758. The maximum absolute atomic E-state index is 12.0. The van der Waals surface area contributed by atoms with Crippen LogP contribution in [0.3, 0.4) is 0 Å². The van der Waals surface area contributed by atoms with Crippen molar-refractivity contribution in [2.75, 3.05) is 20.8 Å². The van der Waals surface area contributed by atoms with Gasteiger partial charge in [-0.2, -0.15) is 0 Å². The number of benzene rings is 1. The average Bonchev–Trinajstić information content (AvgIpc) is 2.42. The number of ether oxygens (including phenoxy) is 2. The standard InChI is InChI=1S/C14H21NO3/c1-4-5-6-10-15-14(16)11-8-7-9-12(17-2)13(11)18-3/h7-9H,4-6,10H2,1-3H3,(H,15,16). The summed E-state index contributed by atoms with van der Waals surface area (Å²) in [6, 6.07) is 5.28. The summed E-state index contributed by atoms with van der Waals surface area (Å²) >= 11 is 0. The molecule has 0 heterocycles. The molecule has 1 rings (SSSR count). The molecule has 0 unspecified atom stereocenters. The van der Waals surface area contributed by atoms with Crippen LogP contribution in [0.25, 0.3) is 0 Å². The number of methoxy groups -OCH3 is 2. The highest BCUT2D eigenvalue weighted by Crippen LogP contribution is 2.30. The van der Waals surface area contributed by atoms with Crippen molar-refractivity contribution in [3.8, 4) is 11.5 Å². The molecule has 0 aromatic heterocycles. The van der Waals surface area contributed by atoms with Gasteiger partial charge in [0.05, 0.1) is 19.8 Å². The van der Waals surface area contributed by atoms with Gasteiger partial charge < -0.3 is 14.8 Å². The molecule has 0 aliphatic rings. The van der Waals surface area contributed by atoms with Crippen molar-refractivity contribution in [2.24, 2.45) is 0 Å². The fourth-order valence-corrected chi connectivity index (χ4v) is 1.74. The minimum absolute atomic E-state index is 0.123. The first-order valence-electron chi connectivity index (χ1n) is 6.23. The molecular weight excluding hydrogens is 230 g/mol. The molecule has 0 spiro atoms. The minimum atomic E-state index is -0.123. The topological polar surface area (TPSA) is 47.6 Å². The van der Waals surface area contributed by atoms with Crippen molar-refractivity contribution < 1.29 is 14.3 Å². The zero-order chi connectivity index (χ0) is 13.4. The lowest BCUT2D eigenvalue weighted by Crippen LogP contribution is -2.25. The van der Waals surface area contributed by atoms with E-state index in [0.717, 1.165) is 19.3 Å². The second kappa shape index (κ2) is 7.58. The first-order chi connectivity index (χ1) is 8.74. The second-order valence-electron chi connectivity index (χ2n) is 4.00. The van der Waals surface area contributed by atoms with Crippen LogP contribution >= 0.6 is 0 Å². The highest BCUT2D eigenvalue weighted by Gasteiger charge is 2.15. The molecule has 0 atom stereocenters. The van der Waals surface area contributed by atoms with Gasteiger partial charge in [0.1, 0.15) is 0 Å². The fourth-order valence-electron chi connectivity index (χ4n) is 1.74. The van der Waals surface area contributed by atoms with E-state index in [2.05, 4.69) is 12.2 Å². The van der Waals surface area contributed by atoms with Crippen LogP contribution in [-0.2, 0) is 0 Å². The van der Waals surface area contributed by atoms with Gasteiger partial charge in [-0.25, -0.2) is 0 Å². The zero-order valence-corrected chi connectivity index (χ0v) is 11.3. The van der Waals surface area contributed by atoms with Gasteiger partial charge in [0.15, 0.2) is 11.5 Å². The molecule has 1 aromatic rings. The van der Waals surface area contributed by atoms with E-state index >= 15 is 0 Å². The summed E-state index contributed by atoms with van der Waals surface area (Å²) in [6.45, 7) is 2.82. The average molecular weight is 251 g/mol. The molecule has 1 aromatic carbocycles. The molecule has 0 aliphatic carbocycles. The number of carbonyl (C=O) groups is 1. The number of nitrogens with one attached hydrogen (secondary N) is 1. The Kier molecular flexibility index (Phi) is 6.05. The minimum Gasteiger partial charge on any atom is -0.493 e. The smallest absolute Gasteiger partial charge is 0.255 e. The van der Waals surface area contributed by atoms with Crippen LogP contribution in [0.5, 0.6) is 11.5 Å². The Balaban J connectivity index is 2.72. The number of rotatable bonds is 7. The van der Waals surface area contributed by atoms with Crippen molar-refractivity contribution in [2.45, 2.75) is 26.2 Å². The summed E-state index contributed by atoms with van der Waals surface area (Å²) in [6.07, 6.45) is 3.25. The third kappa shape index (κ3) is 3.65. The van der Waals surface area contributed by atoms with Gasteiger partial charge in [-0.3, -0.25) is 4.79 Å². The number of carbonyl (C=O) groups excluding carboxylic acids is 1. The Morgan fingerprint density at radius 1 is 1.22 bits per heavy atom. The van der Waals surface area contributed by atoms with Crippen LogP contribution in [0, 0.1) is 0 Å². The first kappa shape index (κ1) is 14.4. The summed E-state index contributed by atoms with van der Waals surface area (Å²) < 4.78 is 10.4. The number of para-hydroxylation sites is 1. The van der Waals surface area contributed by atoms with Crippen molar-refractivity contribution in [1.82, 2.24) is 5.32 Å². The lowest BCUT2D eigenvalue weighted by Gasteiger charge is -2.12. The molecular formula is C14H21NO3. The molecule has 0 aliphatic heterocycles. The summed E-state index contributed by atoms with van der Waals surface area (Å²) in [7, 11) is 3.09. The molecule has 4 nitrogen and oxygen atoms in total. The van der Waals surface area contributed by atoms with E-state index < -0.39 is 0 Å². The zero-order valence-electron chi connectivity index (χ0n) is 11.3.